The smallest absolute Gasteiger partial charge is 0.173 e. The average Bonchev–Trinajstić information content (AvgIpc) is 2.79. The highest BCUT2D eigenvalue weighted by molar-refractivity contribution is 5.66. The van der Waals surface area contributed by atoms with E-state index < -0.39 is 6.08 Å². The largest absolute Gasteiger partial charge is 0.270 e. The van der Waals surface area contributed by atoms with Gasteiger partial charge in [-0.1, -0.05) is 107 Å². The van der Waals surface area contributed by atoms with Crippen LogP contribution in [0.25, 0.3) is 17.2 Å². The minimum Gasteiger partial charge on any atom is -0.173 e. The number of benzene rings is 2. The fourth-order valence-electron chi connectivity index (χ4n) is 5.02. The van der Waals surface area contributed by atoms with E-state index in [4.69, 9.17) is 0 Å². The predicted octanol–water partition coefficient (Wildman–Crippen LogP) is 10.0. The van der Waals surface area contributed by atoms with Crippen molar-refractivity contribution in [3.05, 3.63) is 65.7 Å². The van der Waals surface area contributed by atoms with Crippen LogP contribution >= 0.6 is 0 Å². The maximum absolute atomic E-state index is 12.4. The van der Waals surface area contributed by atoms with Gasteiger partial charge >= 0.3 is 0 Å². The van der Waals surface area contributed by atoms with Crippen molar-refractivity contribution in [2.24, 2.45) is 5.92 Å². The Morgan fingerprint density at radius 1 is 0.742 bits per heavy atom. The Kier molecular flexibility index (Phi) is 9.78. The van der Waals surface area contributed by atoms with E-state index in [-0.39, 0.29) is 0 Å². The van der Waals surface area contributed by atoms with Gasteiger partial charge in [0.05, 0.1) is 0 Å². The molecule has 1 fully saturated rings. The molecule has 0 unspecified atom stereocenters. The maximum atomic E-state index is 12.4. The average molecular weight is 425 g/mol. The molecule has 0 saturated heterocycles. The van der Waals surface area contributed by atoms with Gasteiger partial charge in [-0.25, -0.2) is 0 Å². The first-order valence-corrected chi connectivity index (χ1v) is 12.4. The summed E-state index contributed by atoms with van der Waals surface area (Å²) in [6.07, 6.45) is 15.9. The first kappa shape index (κ1) is 23.7. The summed E-state index contributed by atoms with van der Waals surface area (Å²) in [7, 11) is 0. The zero-order valence-electron chi connectivity index (χ0n) is 19.1. The third kappa shape index (κ3) is 7.91. The minimum absolute atomic E-state index is 0.536. The zero-order chi connectivity index (χ0) is 21.9. The molecule has 0 aromatic heterocycles. The lowest BCUT2D eigenvalue weighted by Gasteiger charge is -2.29. The van der Waals surface area contributed by atoms with Gasteiger partial charge in [-0.3, -0.25) is 0 Å². The van der Waals surface area contributed by atoms with Gasteiger partial charge < -0.3 is 0 Å². The summed E-state index contributed by atoms with van der Waals surface area (Å²) in [5, 5.41) is 0. The third-order valence-corrected chi connectivity index (χ3v) is 6.96. The van der Waals surface area contributed by atoms with Gasteiger partial charge in [-0.2, -0.15) is 8.78 Å². The summed E-state index contributed by atoms with van der Waals surface area (Å²) in [5.41, 5.74) is 4.21. The summed E-state index contributed by atoms with van der Waals surface area (Å²) >= 11 is 0. The van der Waals surface area contributed by atoms with Gasteiger partial charge in [0.25, 0.3) is 6.08 Å². The van der Waals surface area contributed by atoms with Crippen molar-refractivity contribution in [1.82, 2.24) is 0 Å². The predicted molar refractivity (Wildman–Crippen MR) is 129 cm³/mol. The van der Waals surface area contributed by atoms with E-state index in [1.54, 1.807) is 12.1 Å². The standard InChI is InChI=1S/C29H38F2/c1-2-3-4-5-6-7-8-9-23-10-14-25(15-11-23)27-18-20-28(21-19-27)26-16-12-24(13-17-26)22-29(30)31/h12-13,16-23,25H,2-11,14-15H2,1H3. The number of unbranched alkanes of at least 4 members (excludes halogenated alkanes) is 6. The monoisotopic (exact) mass is 424 g/mol. The van der Waals surface area contributed by atoms with Crippen LogP contribution in [0.4, 0.5) is 8.78 Å². The van der Waals surface area contributed by atoms with Crippen LogP contribution in [0.5, 0.6) is 0 Å². The molecule has 31 heavy (non-hydrogen) atoms. The van der Waals surface area contributed by atoms with Crippen LogP contribution in [0, 0.1) is 5.92 Å². The van der Waals surface area contributed by atoms with Crippen molar-refractivity contribution < 1.29 is 8.78 Å². The fraction of sp³-hybridized carbons (Fsp3) is 0.517. The Labute approximate surface area is 187 Å². The van der Waals surface area contributed by atoms with Gasteiger partial charge in [0.2, 0.25) is 0 Å². The molecule has 2 aromatic carbocycles. The summed E-state index contributed by atoms with van der Waals surface area (Å²) in [6.45, 7) is 2.28. The molecule has 2 heteroatoms. The van der Waals surface area contributed by atoms with Gasteiger partial charge in [0.15, 0.2) is 0 Å². The van der Waals surface area contributed by atoms with Crippen LogP contribution in [0.15, 0.2) is 54.6 Å². The van der Waals surface area contributed by atoms with Crippen LogP contribution in [-0.2, 0) is 0 Å². The van der Waals surface area contributed by atoms with Crippen molar-refractivity contribution in [3.8, 4) is 11.1 Å². The van der Waals surface area contributed by atoms with Crippen molar-refractivity contribution >= 4 is 6.08 Å². The van der Waals surface area contributed by atoms with Crippen molar-refractivity contribution in [3.63, 3.8) is 0 Å². The van der Waals surface area contributed by atoms with E-state index in [1.807, 2.05) is 12.1 Å². The highest BCUT2D eigenvalue weighted by atomic mass is 19.3. The maximum Gasteiger partial charge on any atom is 0.270 e. The molecule has 2 aromatic rings. The van der Waals surface area contributed by atoms with Crippen LogP contribution in [0.2, 0.25) is 0 Å². The molecule has 3 rings (SSSR count). The molecule has 0 spiro atoms. The summed E-state index contributed by atoms with van der Waals surface area (Å²) in [6, 6.07) is 16.2. The molecule has 0 nitrogen and oxygen atoms in total. The quantitative estimate of drug-likeness (QED) is 0.315. The molecular formula is C29H38F2. The second-order valence-corrected chi connectivity index (χ2v) is 9.31. The molecule has 0 N–H and O–H groups in total. The summed E-state index contributed by atoms with van der Waals surface area (Å²) in [4.78, 5) is 0. The van der Waals surface area contributed by atoms with Crippen LogP contribution in [-0.4, -0.2) is 0 Å². The van der Waals surface area contributed by atoms with E-state index in [1.165, 1.54) is 82.6 Å². The van der Waals surface area contributed by atoms with E-state index in [9.17, 15) is 8.78 Å². The van der Waals surface area contributed by atoms with Gasteiger partial charge in [0.1, 0.15) is 0 Å². The van der Waals surface area contributed by atoms with Crippen molar-refractivity contribution in [2.45, 2.75) is 89.9 Å². The zero-order valence-corrected chi connectivity index (χ0v) is 19.1. The summed E-state index contributed by atoms with van der Waals surface area (Å²) < 4.78 is 24.8. The molecule has 1 aliphatic carbocycles. The lowest BCUT2D eigenvalue weighted by molar-refractivity contribution is 0.302. The highest BCUT2D eigenvalue weighted by Crippen LogP contribution is 2.38. The van der Waals surface area contributed by atoms with Crippen molar-refractivity contribution in [1.29, 1.82) is 0 Å². The highest BCUT2D eigenvalue weighted by Gasteiger charge is 2.22. The van der Waals surface area contributed by atoms with Gasteiger partial charge in [-0.05, 0) is 59.8 Å². The van der Waals surface area contributed by atoms with Crippen molar-refractivity contribution in [2.75, 3.05) is 0 Å². The second-order valence-electron chi connectivity index (χ2n) is 9.31. The van der Waals surface area contributed by atoms with Gasteiger partial charge in [0, 0.05) is 6.08 Å². The Balaban J connectivity index is 1.41. The van der Waals surface area contributed by atoms with E-state index in [2.05, 4.69) is 31.2 Å². The number of hydrogen-bond acceptors (Lipinski definition) is 0. The fourth-order valence-corrected chi connectivity index (χ4v) is 5.02. The van der Waals surface area contributed by atoms with Crippen LogP contribution < -0.4 is 0 Å². The molecule has 0 atom stereocenters. The lowest BCUT2D eigenvalue weighted by atomic mass is 9.77. The molecule has 168 valence electrons. The normalized spacial score (nSPS) is 18.7. The van der Waals surface area contributed by atoms with Crippen LogP contribution in [0.1, 0.15) is 101 Å². The molecule has 0 amide bonds. The van der Waals surface area contributed by atoms with E-state index in [0.29, 0.717) is 11.5 Å². The number of rotatable bonds is 11. The SMILES string of the molecule is CCCCCCCCCC1CCC(c2ccc(-c3ccc(C=C(F)F)cc3)cc2)CC1. The Bertz CT molecular complexity index is 776. The molecule has 1 saturated carbocycles. The molecule has 0 bridgehead atoms. The molecule has 0 radical (unpaired) electrons. The Hall–Kier alpha value is -1.96. The second kappa shape index (κ2) is 12.8. The molecular weight excluding hydrogens is 386 g/mol. The molecule has 0 heterocycles. The van der Waals surface area contributed by atoms with E-state index >= 15 is 0 Å². The Morgan fingerprint density at radius 3 is 1.87 bits per heavy atom. The third-order valence-electron chi connectivity index (χ3n) is 6.96. The number of hydrogen-bond donors (Lipinski definition) is 0. The van der Waals surface area contributed by atoms with E-state index in [0.717, 1.165) is 23.1 Å². The van der Waals surface area contributed by atoms with Gasteiger partial charge in [-0.15, -0.1) is 0 Å². The topological polar surface area (TPSA) is 0 Å². The first-order valence-electron chi connectivity index (χ1n) is 12.4. The minimum atomic E-state index is -1.66. The molecule has 1 aliphatic rings. The first-order chi connectivity index (χ1) is 15.2. The lowest BCUT2D eigenvalue weighted by Crippen LogP contribution is -2.13. The summed E-state index contributed by atoms with van der Waals surface area (Å²) in [5.74, 6) is 1.63. The van der Waals surface area contributed by atoms with Crippen LogP contribution in [0.3, 0.4) is 0 Å². The molecule has 0 aliphatic heterocycles. The Morgan fingerprint density at radius 2 is 1.29 bits per heavy atom. The number of halogens is 2.